The van der Waals surface area contributed by atoms with Crippen LogP contribution in [-0.2, 0) is 4.79 Å². The summed E-state index contributed by atoms with van der Waals surface area (Å²) in [7, 11) is 0. The average Bonchev–Trinajstić information content (AvgIpc) is 2.05. The zero-order valence-corrected chi connectivity index (χ0v) is 7.58. The van der Waals surface area contributed by atoms with Crippen LogP contribution in [-0.4, -0.2) is 16.3 Å². The maximum Gasteiger partial charge on any atom is 0.308 e. The van der Waals surface area contributed by atoms with Gasteiger partial charge in [0.2, 0.25) is 0 Å². The van der Waals surface area contributed by atoms with Crippen molar-refractivity contribution in [2.45, 2.75) is 18.1 Å². The quantitative estimate of drug-likeness (QED) is 0.479. The van der Waals surface area contributed by atoms with Gasteiger partial charge in [0.05, 0.1) is 5.92 Å². The summed E-state index contributed by atoms with van der Waals surface area (Å²) in [4.78, 5) is 10.9. The molecule has 0 aromatic carbocycles. The fraction of sp³-hybridized carbons (Fsp3) is 0.667. The molecule has 0 aromatic heterocycles. The summed E-state index contributed by atoms with van der Waals surface area (Å²) in [6.07, 6.45) is 6.32. The molecule has 0 spiro atoms. The van der Waals surface area contributed by atoms with Crippen molar-refractivity contribution in [3.63, 3.8) is 0 Å². The van der Waals surface area contributed by atoms with E-state index >= 15 is 0 Å². The number of thiol groups is 1. The molecule has 2 bridgehead atoms. The summed E-state index contributed by atoms with van der Waals surface area (Å²) in [5, 5.41) is 8.98. The maximum atomic E-state index is 10.9. The Hall–Kier alpha value is -0.440. The fourth-order valence-corrected chi connectivity index (χ4v) is 2.89. The van der Waals surface area contributed by atoms with Crippen LogP contribution in [0.25, 0.3) is 0 Å². The lowest BCUT2D eigenvalue weighted by atomic mass is 9.69. The molecular weight excluding hydrogens is 172 g/mol. The lowest BCUT2D eigenvalue weighted by Crippen LogP contribution is -2.42. The molecule has 12 heavy (non-hydrogen) atoms. The van der Waals surface area contributed by atoms with Gasteiger partial charge in [-0.1, -0.05) is 12.2 Å². The van der Waals surface area contributed by atoms with Crippen LogP contribution >= 0.6 is 12.6 Å². The first-order valence-corrected chi connectivity index (χ1v) is 4.81. The van der Waals surface area contributed by atoms with E-state index in [1.165, 1.54) is 0 Å². The predicted molar refractivity (Wildman–Crippen MR) is 49.3 cm³/mol. The van der Waals surface area contributed by atoms with Gasteiger partial charge in [-0.15, -0.1) is 0 Å². The highest BCUT2D eigenvalue weighted by atomic mass is 32.1. The number of fused-ring (bicyclic) bond motifs is 2. The standard InChI is InChI=1S/C9H12O2S/c10-9(11)7-5-1-3-6(4-2-5)8(7)12/h1,3,5-8,12H,2,4H2,(H,10,11). The Morgan fingerprint density at radius 3 is 2.25 bits per heavy atom. The highest BCUT2D eigenvalue weighted by Gasteiger charge is 2.42. The molecule has 4 unspecified atom stereocenters. The monoisotopic (exact) mass is 184 g/mol. The van der Waals surface area contributed by atoms with Gasteiger partial charge in [-0.2, -0.15) is 12.6 Å². The van der Waals surface area contributed by atoms with Gasteiger partial charge < -0.3 is 5.11 Å². The van der Waals surface area contributed by atoms with Crippen molar-refractivity contribution in [2.75, 3.05) is 0 Å². The first kappa shape index (κ1) is 8.17. The third-order valence-electron chi connectivity index (χ3n) is 2.99. The molecule has 1 N–H and O–H groups in total. The molecule has 1 fully saturated rings. The first-order chi connectivity index (χ1) is 5.70. The second kappa shape index (κ2) is 2.80. The van der Waals surface area contributed by atoms with E-state index in [0.717, 1.165) is 12.8 Å². The molecular formula is C9H12O2S. The Bertz CT molecular complexity index is 237. The smallest absolute Gasteiger partial charge is 0.308 e. The Morgan fingerprint density at radius 2 is 1.92 bits per heavy atom. The molecule has 3 aliphatic carbocycles. The van der Waals surface area contributed by atoms with Crippen LogP contribution in [0.3, 0.4) is 0 Å². The Balaban J connectivity index is 2.26. The van der Waals surface area contributed by atoms with Crippen molar-refractivity contribution in [1.82, 2.24) is 0 Å². The zero-order valence-electron chi connectivity index (χ0n) is 6.68. The molecule has 0 saturated heterocycles. The van der Waals surface area contributed by atoms with Crippen molar-refractivity contribution in [3.8, 4) is 0 Å². The molecule has 0 heterocycles. The van der Waals surface area contributed by atoms with Crippen LogP contribution < -0.4 is 0 Å². The van der Waals surface area contributed by atoms with Gasteiger partial charge in [0, 0.05) is 5.25 Å². The summed E-state index contributed by atoms with van der Waals surface area (Å²) in [6, 6.07) is 0. The van der Waals surface area contributed by atoms with Crippen LogP contribution in [0.15, 0.2) is 12.2 Å². The van der Waals surface area contributed by atoms with Crippen LogP contribution in [0.2, 0.25) is 0 Å². The second-order valence-electron chi connectivity index (χ2n) is 3.64. The van der Waals surface area contributed by atoms with Gasteiger partial charge in [0.25, 0.3) is 0 Å². The molecule has 0 radical (unpaired) electrons. The molecule has 0 amide bonds. The Labute approximate surface area is 77.1 Å². The van der Waals surface area contributed by atoms with Gasteiger partial charge >= 0.3 is 5.97 Å². The average molecular weight is 184 g/mol. The predicted octanol–water partition coefficient (Wildman–Crippen LogP) is 1.58. The molecule has 0 aromatic rings. The summed E-state index contributed by atoms with van der Waals surface area (Å²) < 4.78 is 0. The van der Waals surface area contributed by atoms with Gasteiger partial charge in [-0.05, 0) is 24.7 Å². The third-order valence-corrected chi connectivity index (χ3v) is 3.70. The van der Waals surface area contributed by atoms with Gasteiger partial charge in [-0.3, -0.25) is 4.79 Å². The number of allylic oxidation sites excluding steroid dienone is 2. The van der Waals surface area contributed by atoms with E-state index in [-0.39, 0.29) is 17.1 Å². The number of carboxylic acid groups (broad SMARTS) is 1. The number of rotatable bonds is 1. The topological polar surface area (TPSA) is 37.3 Å². The number of carboxylic acids is 1. The van der Waals surface area contributed by atoms with Crippen molar-refractivity contribution >= 4 is 18.6 Å². The Kier molecular flexibility index (Phi) is 1.91. The van der Waals surface area contributed by atoms with Crippen molar-refractivity contribution in [3.05, 3.63) is 12.2 Å². The third kappa shape index (κ3) is 1.07. The molecule has 2 nitrogen and oxygen atoms in total. The number of aliphatic carboxylic acids is 1. The molecule has 1 saturated carbocycles. The summed E-state index contributed by atoms with van der Waals surface area (Å²) >= 11 is 4.37. The highest BCUT2D eigenvalue weighted by molar-refractivity contribution is 7.81. The van der Waals surface area contributed by atoms with E-state index in [1.807, 2.05) is 0 Å². The number of hydrogen-bond donors (Lipinski definition) is 2. The summed E-state index contributed by atoms with van der Waals surface area (Å²) in [5.74, 6) is -0.319. The van der Waals surface area contributed by atoms with Crippen LogP contribution in [0, 0.1) is 17.8 Å². The lowest BCUT2D eigenvalue weighted by Gasteiger charge is -2.40. The fourth-order valence-electron chi connectivity index (χ4n) is 2.30. The normalized spacial score (nSPS) is 44.8. The molecule has 0 aliphatic heterocycles. The van der Waals surface area contributed by atoms with Crippen LogP contribution in [0.5, 0.6) is 0 Å². The van der Waals surface area contributed by atoms with E-state index in [2.05, 4.69) is 24.8 Å². The minimum atomic E-state index is -0.686. The van der Waals surface area contributed by atoms with Gasteiger partial charge in [-0.25, -0.2) is 0 Å². The van der Waals surface area contributed by atoms with Crippen molar-refractivity contribution in [1.29, 1.82) is 0 Å². The van der Waals surface area contributed by atoms with E-state index in [4.69, 9.17) is 5.11 Å². The van der Waals surface area contributed by atoms with E-state index < -0.39 is 5.97 Å². The van der Waals surface area contributed by atoms with Gasteiger partial charge in [0.1, 0.15) is 0 Å². The second-order valence-corrected chi connectivity index (χ2v) is 4.24. The number of hydrogen-bond acceptors (Lipinski definition) is 2. The van der Waals surface area contributed by atoms with Gasteiger partial charge in [0.15, 0.2) is 0 Å². The summed E-state index contributed by atoms with van der Waals surface area (Å²) in [5.41, 5.74) is 0. The lowest BCUT2D eigenvalue weighted by molar-refractivity contribution is -0.144. The molecule has 3 rings (SSSR count). The van der Waals surface area contributed by atoms with Crippen LogP contribution in [0.4, 0.5) is 0 Å². The molecule has 66 valence electrons. The van der Waals surface area contributed by atoms with Crippen LogP contribution in [0.1, 0.15) is 12.8 Å². The molecule has 4 atom stereocenters. The largest absolute Gasteiger partial charge is 0.481 e. The number of carbonyl (C=O) groups is 1. The zero-order chi connectivity index (χ0) is 8.72. The summed E-state index contributed by atoms with van der Waals surface area (Å²) in [6.45, 7) is 0. The SMILES string of the molecule is O=C(O)C1C2C=CC(CC2)C1S. The van der Waals surface area contributed by atoms with E-state index in [0.29, 0.717) is 5.92 Å². The van der Waals surface area contributed by atoms with Crippen molar-refractivity contribution < 1.29 is 9.90 Å². The minimum Gasteiger partial charge on any atom is -0.481 e. The molecule has 3 aliphatic rings. The van der Waals surface area contributed by atoms with E-state index in [1.54, 1.807) is 0 Å². The highest BCUT2D eigenvalue weighted by Crippen LogP contribution is 2.43. The Morgan fingerprint density at radius 1 is 1.33 bits per heavy atom. The molecule has 3 heteroatoms. The minimum absolute atomic E-state index is 0.0336. The maximum absolute atomic E-state index is 10.9. The first-order valence-electron chi connectivity index (χ1n) is 4.29. The van der Waals surface area contributed by atoms with Crippen molar-refractivity contribution in [2.24, 2.45) is 17.8 Å². The van der Waals surface area contributed by atoms with E-state index in [9.17, 15) is 4.79 Å².